The van der Waals surface area contributed by atoms with Crippen molar-refractivity contribution in [2.24, 2.45) is 0 Å². The van der Waals surface area contributed by atoms with Crippen LogP contribution >= 0.6 is 0 Å². The van der Waals surface area contributed by atoms with Gasteiger partial charge in [-0.1, -0.05) is 0 Å². The third kappa shape index (κ3) is 5.79. The van der Waals surface area contributed by atoms with Gasteiger partial charge in [0.15, 0.2) is 6.10 Å². The monoisotopic (exact) mass is 527 g/mol. The summed E-state index contributed by atoms with van der Waals surface area (Å²) in [4.78, 5) is 19.3. The average molecular weight is 528 g/mol. The molecule has 1 saturated heterocycles. The predicted molar refractivity (Wildman–Crippen MR) is 132 cm³/mol. The van der Waals surface area contributed by atoms with Crippen molar-refractivity contribution in [2.45, 2.75) is 31.6 Å². The molecule has 0 spiro atoms. The first-order valence-corrected chi connectivity index (χ1v) is 12.3. The predicted octanol–water partition coefficient (Wildman–Crippen LogP) is 3.11. The highest BCUT2D eigenvalue weighted by Gasteiger charge is 2.29. The lowest BCUT2D eigenvalue weighted by atomic mass is 10.1. The Morgan fingerprint density at radius 2 is 2.13 bits per heavy atom. The lowest BCUT2D eigenvalue weighted by molar-refractivity contribution is -0.0502. The van der Waals surface area contributed by atoms with Crippen LogP contribution in [0.1, 0.15) is 23.2 Å². The first kappa shape index (κ1) is 25.7. The molecular weight excluding hydrogens is 500 g/mol. The Morgan fingerprint density at radius 1 is 1.32 bits per heavy atom. The lowest BCUT2D eigenvalue weighted by Crippen LogP contribution is -2.43. The molecule has 0 bridgehead atoms. The summed E-state index contributed by atoms with van der Waals surface area (Å²) in [5, 5.41) is 11.8. The summed E-state index contributed by atoms with van der Waals surface area (Å²) in [6, 6.07) is 8.70. The van der Waals surface area contributed by atoms with Gasteiger partial charge in [-0.15, -0.1) is 0 Å². The van der Waals surface area contributed by atoms with E-state index >= 15 is 0 Å². The van der Waals surface area contributed by atoms with E-state index in [-0.39, 0.29) is 23.1 Å². The highest BCUT2D eigenvalue weighted by atomic mass is 19.3. The Morgan fingerprint density at radius 3 is 2.87 bits per heavy atom. The first-order chi connectivity index (χ1) is 18.4. The number of aromatic nitrogens is 2. The number of benzene rings is 1. The maximum Gasteiger partial charge on any atom is 0.387 e. The van der Waals surface area contributed by atoms with Gasteiger partial charge in [-0.25, -0.2) is 4.98 Å². The molecule has 2 aromatic heterocycles. The van der Waals surface area contributed by atoms with Crippen molar-refractivity contribution in [3.63, 3.8) is 0 Å². The van der Waals surface area contributed by atoms with E-state index in [0.717, 1.165) is 19.4 Å². The summed E-state index contributed by atoms with van der Waals surface area (Å²) in [6.07, 6.45) is 4.63. The number of morpholine rings is 1. The summed E-state index contributed by atoms with van der Waals surface area (Å²) in [6.45, 7) is -0.233. The van der Waals surface area contributed by atoms with Crippen molar-refractivity contribution >= 4 is 11.6 Å². The van der Waals surface area contributed by atoms with Crippen LogP contribution in [0, 0.1) is 11.3 Å². The van der Waals surface area contributed by atoms with E-state index in [1.165, 1.54) is 13.2 Å². The molecule has 1 unspecified atom stereocenters. The minimum Gasteiger partial charge on any atom is -0.496 e. The Bertz CT molecular complexity index is 1350. The van der Waals surface area contributed by atoms with Gasteiger partial charge in [0.1, 0.15) is 35.1 Å². The van der Waals surface area contributed by atoms with Crippen LogP contribution in [0.4, 0.5) is 8.78 Å². The fourth-order valence-electron chi connectivity index (χ4n) is 4.34. The third-order valence-electron chi connectivity index (χ3n) is 6.39. The second-order valence-corrected chi connectivity index (χ2v) is 9.05. The van der Waals surface area contributed by atoms with Gasteiger partial charge in [0.05, 0.1) is 31.7 Å². The smallest absolute Gasteiger partial charge is 0.387 e. The summed E-state index contributed by atoms with van der Waals surface area (Å²) in [7, 11) is 1.37. The second-order valence-electron chi connectivity index (χ2n) is 9.05. The minimum atomic E-state index is -3.12. The molecule has 1 aromatic carbocycles. The van der Waals surface area contributed by atoms with Gasteiger partial charge >= 0.3 is 6.61 Å². The highest BCUT2D eigenvalue weighted by molar-refractivity contribution is 6.01. The van der Waals surface area contributed by atoms with Crippen molar-refractivity contribution in [3.05, 3.63) is 42.2 Å². The fourth-order valence-corrected chi connectivity index (χ4v) is 4.34. The minimum absolute atomic E-state index is 0.0322. The van der Waals surface area contributed by atoms with Crippen LogP contribution in [0.15, 0.2) is 36.7 Å². The summed E-state index contributed by atoms with van der Waals surface area (Å²) < 4.78 is 49.7. The number of ether oxygens (including phenoxy) is 4. The molecule has 3 aromatic rings. The maximum atomic E-state index is 13.3. The van der Waals surface area contributed by atoms with Gasteiger partial charge in [-0.2, -0.15) is 14.0 Å². The lowest BCUT2D eigenvalue weighted by Gasteiger charge is -2.29. The number of nitrogens with zero attached hydrogens (tertiary/aromatic N) is 4. The van der Waals surface area contributed by atoms with Crippen molar-refractivity contribution < 1.29 is 32.5 Å². The van der Waals surface area contributed by atoms with Crippen LogP contribution in [0.2, 0.25) is 0 Å². The largest absolute Gasteiger partial charge is 0.496 e. The quantitative estimate of drug-likeness (QED) is 0.428. The number of fused-ring (bicyclic) bond motifs is 1. The molecule has 1 aliphatic heterocycles. The number of carbonyl (C=O) groups excluding carboxylic acids is 1. The molecule has 1 atom stereocenters. The Hall–Kier alpha value is -3.95. The van der Waals surface area contributed by atoms with E-state index in [2.05, 4.69) is 21.3 Å². The molecule has 1 saturated carbocycles. The number of nitriles is 1. The van der Waals surface area contributed by atoms with Crippen LogP contribution in [-0.4, -0.2) is 78.9 Å². The molecule has 0 radical (unpaired) electrons. The fraction of sp³-hybridized carbons (Fsp3) is 0.423. The van der Waals surface area contributed by atoms with E-state index in [4.69, 9.17) is 24.2 Å². The molecule has 200 valence electrons. The van der Waals surface area contributed by atoms with Crippen LogP contribution in [0.25, 0.3) is 16.9 Å². The third-order valence-corrected chi connectivity index (χ3v) is 6.39. The number of imidazole rings is 1. The molecule has 1 aliphatic carbocycles. The molecule has 10 nitrogen and oxygen atoms in total. The second kappa shape index (κ2) is 11.2. The summed E-state index contributed by atoms with van der Waals surface area (Å²) in [5.41, 5.74) is 1.59. The molecule has 1 amide bonds. The van der Waals surface area contributed by atoms with Gasteiger partial charge in [0.2, 0.25) is 0 Å². The average Bonchev–Trinajstić information content (AvgIpc) is 3.62. The number of halogens is 2. The van der Waals surface area contributed by atoms with E-state index in [1.54, 1.807) is 35.0 Å². The van der Waals surface area contributed by atoms with E-state index < -0.39 is 18.6 Å². The van der Waals surface area contributed by atoms with Crippen molar-refractivity contribution in [1.29, 1.82) is 5.26 Å². The molecule has 1 N–H and O–H groups in total. The Balaban J connectivity index is 1.36. The number of nitrogens with one attached hydrogen (secondary N) is 1. The molecule has 5 rings (SSSR count). The Kier molecular flexibility index (Phi) is 7.57. The summed E-state index contributed by atoms with van der Waals surface area (Å²) >= 11 is 0. The van der Waals surface area contributed by atoms with Crippen LogP contribution in [-0.2, 0) is 4.74 Å². The van der Waals surface area contributed by atoms with Crippen LogP contribution in [0.3, 0.4) is 0 Å². The SMILES string of the molecule is COc1cc(-c2cnc3cc(OCCN4CCOC(C#N)C4)ccn23)cc(OC(F)F)c1C(=O)NC1CC1. The zero-order valence-electron chi connectivity index (χ0n) is 20.7. The van der Waals surface area contributed by atoms with E-state index in [9.17, 15) is 13.6 Å². The summed E-state index contributed by atoms with van der Waals surface area (Å²) in [5.74, 6) is -0.0602. The van der Waals surface area contributed by atoms with Gasteiger partial charge in [-0.05, 0) is 31.0 Å². The van der Waals surface area contributed by atoms with Gasteiger partial charge in [-0.3, -0.25) is 14.1 Å². The number of rotatable bonds is 10. The van der Waals surface area contributed by atoms with Gasteiger partial charge < -0.3 is 24.3 Å². The maximum absolute atomic E-state index is 13.3. The molecular formula is C26H27F2N5O5. The molecule has 12 heteroatoms. The van der Waals surface area contributed by atoms with Crippen LogP contribution in [0.5, 0.6) is 17.2 Å². The van der Waals surface area contributed by atoms with E-state index in [1.807, 2.05) is 0 Å². The molecule has 2 fully saturated rings. The first-order valence-electron chi connectivity index (χ1n) is 12.3. The van der Waals surface area contributed by atoms with Crippen molar-refractivity contribution in [1.82, 2.24) is 19.6 Å². The van der Waals surface area contributed by atoms with E-state index in [0.29, 0.717) is 49.0 Å². The normalized spacial score (nSPS) is 17.8. The van der Waals surface area contributed by atoms with Gasteiger partial charge in [0, 0.05) is 43.5 Å². The van der Waals surface area contributed by atoms with Crippen LogP contribution < -0.4 is 19.5 Å². The Labute approximate surface area is 217 Å². The zero-order valence-corrected chi connectivity index (χ0v) is 20.7. The zero-order chi connectivity index (χ0) is 26.6. The standard InChI is InChI=1S/C26H27F2N5O5/c1-35-21-10-16(11-22(38-26(27)28)24(21)25(34)31-17-2-3-17)20-14-30-23-12-18(4-5-33(20)23)36-8-6-32-7-9-37-19(13-29)15-32/h4-5,10-12,14,17,19,26H,2-3,6-9,15H2,1H3,(H,31,34). The molecule has 2 aliphatic rings. The highest BCUT2D eigenvalue weighted by Crippen LogP contribution is 2.37. The number of hydrogen-bond donors (Lipinski definition) is 1. The number of methoxy groups -OCH3 is 1. The number of hydrogen-bond acceptors (Lipinski definition) is 8. The van der Waals surface area contributed by atoms with Crippen molar-refractivity contribution in [3.8, 4) is 34.6 Å². The molecule has 3 heterocycles. The number of amides is 1. The number of alkyl halides is 2. The topological polar surface area (TPSA) is 110 Å². The molecule has 38 heavy (non-hydrogen) atoms. The number of pyridine rings is 1. The number of carbonyl (C=O) groups is 1. The van der Waals surface area contributed by atoms with Gasteiger partial charge in [0.25, 0.3) is 5.91 Å². The van der Waals surface area contributed by atoms with Crippen molar-refractivity contribution in [2.75, 3.05) is 40.0 Å².